The van der Waals surface area contributed by atoms with Crippen LogP contribution in [-0.4, -0.2) is 24.1 Å². The van der Waals surface area contributed by atoms with Gasteiger partial charge < -0.3 is 4.57 Å². The molecule has 4 heterocycles. The first kappa shape index (κ1) is 15.2. The van der Waals surface area contributed by atoms with Crippen molar-refractivity contribution in [2.45, 2.75) is 26.3 Å². The Morgan fingerprint density at radius 3 is 2.88 bits per heavy atom. The lowest BCUT2D eigenvalue weighted by molar-refractivity contribution is 0.503. The third kappa shape index (κ3) is 2.09. The van der Waals surface area contributed by atoms with Crippen molar-refractivity contribution in [3.63, 3.8) is 0 Å². The van der Waals surface area contributed by atoms with E-state index in [9.17, 15) is 8.78 Å². The molecule has 0 radical (unpaired) electrons. The lowest BCUT2D eigenvalue weighted by Crippen LogP contribution is -1.99. The number of hydrogen-bond acceptors (Lipinski definition) is 3. The van der Waals surface area contributed by atoms with Crippen molar-refractivity contribution < 1.29 is 8.78 Å². The zero-order chi connectivity index (χ0) is 17.8. The molecule has 5 rings (SSSR count). The Hall–Kier alpha value is -3.09. The molecule has 5 nitrogen and oxygen atoms in total. The predicted molar refractivity (Wildman–Crippen MR) is 92.6 cm³/mol. The number of nitrogens with zero attached hydrogens (tertiary/aromatic N) is 5. The second-order valence-electron chi connectivity index (χ2n) is 6.49. The van der Waals surface area contributed by atoms with Crippen molar-refractivity contribution >= 4 is 5.65 Å². The average molecular weight is 351 g/mol. The summed E-state index contributed by atoms with van der Waals surface area (Å²) in [5.41, 5.74) is 4.13. The highest BCUT2D eigenvalue weighted by Crippen LogP contribution is 2.37. The second kappa shape index (κ2) is 5.45. The van der Waals surface area contributed by atoms with E-state index in [-0.39, 0.29) is 5.56 Å². The van der Waals surface area contributed by atoms with Crippen LogP contribution < -0.4 is 0 Å². The molecule has 0 N–H and O–H groups in total. The summed E-state index contributed by atoms with van der Waals surface area (Å²) in [5, 5.41) is 4.19. The molecule has 4 aromatic rings. The maximum Gasteiger partial charge on any atom is 0.162 e. The smallest absolute Gasteiger partial charge is 0.162 e. The summed E-state index contributed by atoms with van der Waals surface area (Å²) < 4.78 is 31.6. The van der Waals surface area contributed by atoms with Crippen LogP contribution in [0.2, 0.25) is 0 Å². The summed E-state index contributed by atoms with van der Waals surface area (Å²) in [6.07, 6.45) is 5.29. The Balaban J connectivity index is 1.79. The van der Waals surface area contributed by atoms with E-state index in [0.717, 1.165) is 48.2 Å². The van der Waals surface area contributed by atoms with Gasteiger partial charge in [-0.15, -0.1) is 0 Å². The molecule has 1 aromatic carbocycles. The molecule has 0 unspecified atom stereocenters. The number of aryl methyl sites for hydroxylation is 1. The van der Waals surface area contributed by atoms with E-state index in [1.807, 2.05) is 18.3 Å². The molecule has 0 atom stereocenters. The first-order valence-electron chi connectivity index (χ1n) is 8.47. The standard InChI is InChI=1S/C19H15F2N5/c1-11-13(5-6-14(20)17(11)21)18-19(25-8-2-3-16(25)24-18)12-4-7-15-22-10-23-26(15)9-12/h4-7,9-10H,2-3,8H2,1H3. The van der Waals surface area contributed by atoms with Gasteiger partial charge in [0.15, 0.2) is 17.3 Å². The summed E-state index contributed by atoms with van der Waals surface area (Å²) in [4.78, 5) is 8.93. The van der Waals surface area contributed by atoms with E-state index >= 15 is 0 Å². The third-order valence-electron chi connectivity index (χ3n) is 4.97. The summed E-state index contributed by atoms with van der Waals surface area (Å²) in [5.74, 6) is -0.699. The Morgan fingerprint density at radius 2 is 2.00 bits per heavy atom. The lowest BCUT2D eigenvalue weighted by atomic mass is 10.0. The van der Waals surface area contributed by atoms with Crippen LogP contribution in [0.1, 0.15) is 17.8 Å². The first-order valence-corrected chi connectivity index (χ1v) is 8.47. The molecule has 0 saturated carbocycles. The van der Waals surface area contributed by atoms with Gasteiger partial charge in [0.25, 0.3) is 0 Å². The molecule has 1 aliphatic rings. The first-order chi connectivity index (χ1) is 12.6. The summed E-state index contributed by atoms with van der Waals surface area (Å²) in [7, 11) is 0. The van der Waals surface area contributed by atoms with Gasteiger partial charge in [0.2, 0.25) is 0 Å². The fraction of sp³-hybridized carbons (Fsp3) is 0.211. The molecule has 7 heteroatoms. The van der Waals surface area contributed by atoms with Crippen molar-refractivity contribution in [2.24, 2.45) is 0 Å². The van der Waals surface area contributed by atoms with Gasteiger partial charge in [-0.2, -0.15) is 5.10 Å². The van der Waals surface area contributed by atoms with Gasteiger partial charge in [-0.05, 0) is 43.2 Å². The summed E-state index contributed by atoms with van der Waals surface area (Å²) >= 11 is 0. The molecular weight excluding hydrogens is 336 g/mol. The number of rotatable bonds is 2. The molecule has 0 bridgehead atoms. The van der Waals surface area contributed by atoms with Crippen LogP contribution in [0.3, 0.4) is 0 Å². The van der Waals surface area contributed by atoms with Gasteiger partial charge in [0.05, 0.1) is 11.4 Å². The topological polar surface area (TPSA) is 48.0 Å². The van der Waals surface area contributed by atoms with Crippen molar-refractivity contribution in [1.29, 1.82) is 0 Å². The molecule has 0 amide bonds. The van der Waals surface area contributed by atoms with E-state index < -0.39 is 11.6 Å². The van der Waals surface area contributed by atoms with Gasteiger partial charge in [-0.25, -0.2) is 23.3 Å². The molecule has 0 saturated heterocycles. The Morgan fingerprint density at radius 1 is 1.12 bits per heavy atom. The Bertz CT molecular complexity index is 1160. The zero-order valence-corrected chi connectivity index (χ0v) is 14.1. The molecule has 0 fully saturated rings. The number of halogens is 2. The molecule has 0 aliphatic carbocycles. The van der Waals surface area contributed by atoms with E-state index in [1.54, 1.807) is 17.5 Å². The van der Waals surface area contributed by atoms with E-state index in [2.05, 4.69) is 14.6 Å². The highest BCUT2D eigenvalue weighted by Gasteiger charge is 2.25. The number of benzene rings is 1. The van der Waals surface area contributed by atoms with Crippen LogP contribution in [0.25, 0.3) is 28.2 Å². The molecule has 0 spiro atoms. The van der Waals surface area contributed by atoms with Crippen molar-refractivity contribution in [3.8, 4) is 22.5 Å². The number of hydrogen-bond donors (Lipinski definition) is 0. The number of aromatic nitrogens is 5. The number of pyridine rings is 1. The van der Waals surface area contributed by atoms with Crippen LogP contribution >= 0.6 is 0 Å². The highest BCUT2D eigenvalue weighted by atomic mass is 19.2. The maximum atomic E-state index is 14.1. The van der Waals surface area contributed by atoms with Gasteiger partial charge in [0.1, 0.15) is 12.2 Å². The minimum Gasteiger partial charge on any atom is -0.327 e. The van der Waals surface area contributed by atoms with Gasteiger partial charge in [-0.3, -0.25) is 0 Å². The van der Waals surface area contributed by atoms with E-state index in [4.69, 9.17) is 4.98 Å². The fourth-order valence-corrected chi connectivity index (χ4v) is 3.67. The lowest BCUT2D eigenvalue weighted by Gasteiger charge is -2.11. The van der Waals surface area contributed by atoms with Crippen molar-refractivity contribution in [2.75, 3.05) is 0 Å². The van der Waals surface area contributed by atoms with Gasteiger partial charge in [0, 0.05) is 30.3 Å². The third-order valence-corrected chi connectivity index (χ3v) is 4.97. The molecule has 130 valence electrons. The largest absolute Gasteiger partial charge is 0.327 e. The van der Waals surface area contributed by atoms with Crippen molar-refractivity contribution in [1.82, 2.24) is 24.1 Å². The summed E-state index contributed by atoms with van der Waals surface area (Å²) in [6.45, 7) is 2.44. The Kier molecular flexibility index (Phi) is 3.19. The van der Waals surface area contributed by atoms with Gasteiger partial charge in [-0.1, -0.05) is 0 Å². The average Bonchev–Trinajstić information content (AvgIpc) is 3.34. The predicted octanol–water partition coefficient (Wildman–Crippen LogP) is 3.79. The van der Waals surface area contributed by atoms with Crippen LogP contribution in [-0.2, 0) is 13.0 Å². The second-order valence-corrected chi connectivity index (χ2v) is 6.49. The normalized spacial score (nSPS) is 13.5. The minimum atomic E-state index is -0.844. The summed E-state index contributed by atoms with van der Waals surface area (Å²) in [6, 6.07) is 6.61. The Labute approximate surface area is 147 Å². The molecule has 26 heavy (non-hydrogen) atoms. The number of fused-ring (bicyclic) bond motifs is 2. The zero-order valence-electron chi connectivity index (χ0n) is 14.1. The quantitative estimate of drug-likeness (QED) is 0.552. The van der Waals surface area contributed by atoms with Crippen LogP contribution in [0, 0.1) is 18.6 Å². The fourth-order valence-electron chi connectivity index (χ4n) is 3.67. The van der Waals surface area contributed by atoms with Crippen LogP contribution in [0.5, 0.6) is 0 Å². The van der Waals surface area contributed by atoms with E-state index in [1.165, 1.54) is 6.33 Å². The van der Waals surface area contributed by atoms with E-state index in [0.29, 0.717) is 11.3 Å². The molecule has 3 aromatic heterocycles. The molecule has 1 aliphatic heterocycles. The minimum absolute atomic E-state index is 0.268. The van der Waals surface area contributed by atoms with Crippen LogP contribution in [0.15, 0.2) is 36.8 Å². The SMILES string of the molecule is Cc1c(-c2nc3n(c2-c2ccc4ncnn4c2)CCC3)ccc(F)c1F. The monoisotopic (exact) mass is 351 g/mol. The highest BCUT2D eigenvalue weighted by molar-refractivity contribution is 5.81. The van der Waals surface area contributed by atoms with Crippen LogP contribution in [0.4, 0.5) is 8.78 Å². The molecular formula is C19H15F2N5. The van der Waals surface area contributed by atoms with Crippen molar-refractivity contribution in [3.05, 3.63) is 59.8 Å². The maximum absolute atomic E-state index is 14.1. The number of imidazole rings is 1. The van der Waals surface area contributed by atoms with Gasteiger partial charge >= 0.3 is 0 Å².